The van der Waals surface area contributed by atoms with E-state index in [0.29, 0.717) is 23.7 Å². The predicted molar refractivity (Wildman–Crippen MR) is 105 cm³/mol. The lowest BCUT2D eigenvalue weighted by atomic mass is 10.2. The maximum atomic E-state index is 12.1. The Kier molecular flexibility index (Phi) is 5.01. The molecule has 28 heavy (non-hydrogen) atoms. The Balaban J connectivity index is 1.34. The number of nitrogens with one attached hydrogen (secondary N) is 1. The van der Waals surface area contributed by atoms with Gasteiger partial charge in [0.1, 0.15) is 5.69 Å². The van der Waals surface area contributed by atoms with Crippen molar-refractivity contribution in [3.8, 4) is 5.82 Å². The number of rotatable bonds is 6. The Morgan fingerprint density at radius 1 is 1.11 bits per heavy atom. The van der Waals surface area contributed by atoms with Crippen LogP contribution in [0.2, 0.25) is 0 Å². The molecule has 1 N–H and O–H groups in total. The first-order valence-corrected chi connectivity index (χ1v) is 8.65. The van der Waals surface area contributed by atoms with Gasteiger partial charge in [-0.25, -0.2) is 14.3 Å². The van der Waals surface area contributed by atoms with Gasteiger partial charge in [-0.1, -0.05) is 35.5 Å². The monoisotopic (exact) mass is 371 g/mol. The lowest BCUT2D eigenvalue weighted by molar-refractivity contribution is -0.111. The van der Waals surface area contributed by atoms with E-state index in [2.05, 4.69) is 25.7 Å². The number of carbonyl (C=O) groups excluding carboxylic acids is 1. The van der Waals surface area contributed by atoms with Gasteiger partial charge in [0.2, 0.25) is 5.91 Å². The zero-order chi connectivity index (χ0) is 19.2. The van der Waals surface area contributed by atoms with E-state index in [4.69, 9.17) is 0 Å². The third-order valence-corrected chi connectivity index (χ3v) is 3.90. The molecular formula is C20H17N7O. The van der Waals surface area contributed by atoms with E-state index in [1.165, 1.54) is 6.08 Å². The molecule has 0 fully saturated rings. The molecule has 0 spiro atoms. The summed E-state index contributed by atoms with van der Waals surface area (Å²) >= 11 is 0. The molecule has 0 saturated carbocycles. The van der Waals surface area contributed by atoms with Crippen molar-refractivity contribution in [2.45, 2.75) is 6.54 Å². The predicted octanol–water partition coefficient (Wildman–Crippen LogP) is 2.56. The summed E-state index contributed by atoms with van der Waals surface area (Å²) in [5.41, 5.74) is 2.34. The quantitative estimate of drug-likeness (QED) is 0.526. The van der Waals surface area contributed by atoms with Gasteiger partial charge in [0, 0.05) is 18.5 Å². The average molecular weight is 371 g/mol. The maximum Gasteiger partial charge on any atom is 0.248 e. The van der Waals surface area contributed by atoms with Gasteiger partial charge in [0.15, 0.2) is 5.82 Å². The van der Waals surface area contributed by atoms with Crippen LogP contribution in [0.4, 0.5) is 5.69 Å². The fourth-order valence-corrected chi connectivity index (χ4v) is 2.58. The summed E-state index contributed by atoms with van der Waals surface area (Å²) in [6.07, 6.45) is 9.89. The minimum absolute atomic E-state index is 0.272. The summed E-state index contributed by atoms with van der Waals surface area (Å²) in [5.74, 6) is 0.403. The summed E-state index contributed by atoms with van der Waals surface area (Å²) in [6.45, 7) is 0.627. The van der Waals surface area contributed by atoms with Crippen LogP contribution < -0.4 is 5.32 Å². The molecule has 1 aromatic carbocycles. The van der Waals surface area contributed by atoms with Gasteiger partial charge >= 0.3 is 0 Å². The molecule has 0 bridgehead atoms. The van der Waals surface area contributed by atoms with E-state index in [9.17, 15) is 4.79 Å². The van der Waals surface area contributed by atoms with Crippen LogP contribution in [-0.4, -0.2) is 35.7 Å². The van der Waals surface area contributed by atoms with Crippen molar-refractivity contribution in [1.82, 2.24) is 29.8 Å². The lowest BCUT2D eigenvalue weighted by Crippen LogP contribution is -2.08. The number of amides is 1. The normalized spacial score (nSPS) is 11.0. The fraction of sp³-hybridized carbons (Fsp3) is 0.0500. The Morgan fingerprint density at radius 2 is 2.00 bits per heavy atom. The molecule has 4 aromatic rings. The van der Waals surface area contributed by atoms with Crippen LogP contribution in [-0.2, 0) is 11.3 Å². The Hall–Kier alpha value is -4.07. The summed E-state index contributed by atoms with van der Waals surface area (Å²) in [4.78, 5) is 16.4. The van der Waals surface area contributed by atoms with Crippen LogP contribution in [0.1, 0.15) is 11.3 Å². The largest absolute Gasteiger partial charge is 0.321 e. The number of nitrogens with zero attached hydrogens (tertiary/aromatic N) is 6. The second-order valence-electron chi connectivity index (χ2n) is 6.00. The van der Waals surface area contributed by atoms with Gasteiger partial charge in [0.25, 0.3) is 0 Å². The van der Waals surface area contributed by atoms with Crippen molar-refractivity contribution in [3.05, 3.63) is 90.7 Å². The first kappa shape index (κ1) is 17.3. The molecule has 0 atom stereocenters. The summed E-state index contributed by atoms with van der Waals surface area (Å²) in [6, 6.07) is 15.3. The van der Waals surface area contributed by atoms with Crippen LogP contribution in [0.3, 0.4) is 0 Å². The van der Waals surface area contributed by atoms with Crippen LogP contribution in [0.15, 0.2) is 79.4 Å². The van der Waals surface area contributed by atoms with Crippen molar-refractivity contribution in [2.75, 3.05) is 5.32 Å². The molecule has 8 nitrogen and oxygen atoms in total. The average Bonchev–Trinajstić information content (AvgIpc) is 3.40. The Bertz CT molecular complexity index is 1070. The van der Waals surface area contributed by atoms with Crippen LogP contribution in [0.5, 0.6) is 0 Å². The molecule has 3 aromatic heterocycles. The fourth-order valence-electron chi connectivity index (χ4n) is 2.58. The minimum atomic E-state index is -0.272. The Morgan fingerprint density at radius 3 is 2.75 bits per heavy atom. The molecule has 0 aliphatic carbocycles. The van der Waals surface area contributed by atoms with E-state index in [1.54, 1.807) is 52.4 Å². The highest BCUT2D eigenvalue weighted by molar-refractivity contribution is 6.01. The van der Waals surface area contributed by atoms with Crippen LogP contribution >= 0.6 is 0 Å². The topological polar surface area (TPSA) is 90.5 Å². The molecule has 3 heterocycles. The van der Waals surface area contributed by atoms with Gasteiger partial charge in [-0.05, 0) is 29.8 Å². The standard InChI is InChI=1S/C20H17N7O/c28-20(23-17-7-9-19(21-13-17)27-12-4-11-22-27)10-8-18-15-26(25-24-18)14-16-5-2-1-3-6-16/h1-13,15H,14H2,(H,23,28)/b10-8+. The number of anilines is 1. The van der Waals surface area contributed by atoms with Gasteiger partial charge in [0.05, 0.1) is 24.6 Å². The summed E-state index contributed by atoms with van der Waals surface area (Å²) in [7, 11) is 0. The second-order valence-corrected chi connectivity index (χ2v) is 6.00. The van der Waals surface area contributed by atoms with Gasteiger partial charge in [-0.15, -0.1) is 5.10 Å². The molecule has 0 radical (unpaired) electrons. The third kappa shape index (κ3) is 4.36. The van der Waals surface area contributed by atoms with Gasteiger partial charge < -0.3 is 5.32 Å². The number of pyridine rings is 1. The van der Waals surface area contributed by atoms with Crippen LogP contribution in [0.25, 0.3) is 11.9 Å². The van der Waals surface area contributed by atoms with E-state index < -0.39 is 0 Å². The van der Waals surface area contributed by atoms with Crippen LogP contribution in [0, 0.1) is 0 Å². The van der Waals surface area contributed by atoms with Crippen molar-refractivity contribution in [1.29, 1.82) is 0 Å². The molecule has 8 heteroatoms. The van der Waals surface area contributed by atoms with E-state index >= 15 is 0 Å². The van der Waals surface area contributed by atoms with Crippen molar-refractivity contribution < 1.29 is 4.79 Å². The van der Waals surface area contributed by atoms with Gasteiger partial charge in [-0.3, -0.25) is 4.79 Å². The van der Waals surface area contributed by atoms with Crippen molar-refractivity contribution in [3.63, 3.8) is 0 Å². The first-order chi connectivity index (χ1) is 13.8. The van der Waals surface area contributed by atoms with Crippen molar-refractivity contribution >= 4 is 17.7 Å². The highest BCUT2D eigenvalue weighted by atomic mass is 16.1. The zero-order valence-corrected chi connectivity index (χ0v) is 14.9. The van der Waals surface area contributed by atoms with Gasteiger partial charge in [-0.2, -0.15) is 5.10 Å². The van der Waals surface area contributed by atoms with E-state index in [0.717, 1.165) is 5.56 Å². The second kappa shape index (κ2) is 8.09. The number of aromatic nitrogens is 6. The molecule has 0 aliphatic heterocycles. The molecule has 0 saturated heterocycles. The SMILES string of the molecule is O=C(/C=C/c1cn(Cc2ccccc2)nn1)Nc1ccc(-n2cccn2)nc1. The van der Waals surface area contributed by atoms with E-state index in [1.807, 2.05) is 36.4 Å². The Labute approximate surface area is 161 Å². The molecule has 138 valence electrons. The molecule has 0 unspecified atom stereocenters. The smallest absolute Gasteiger partial charge is 0.248 e. The summed E-state index contributed by atoms with van der Waals surface area (Å²) in [5, 5.41) is 15.0. The van der Waals surface area contributed by atoms with E-state index in [-0.39, 0.29) is 5.91 Å². The number of hydrogen-bond acceptors (Lipinski definition) is 5. The number of hydrogen-bond donors (Lipinski definition) is 1. The highest BCUT2D eigenvalue weighted by Crippen LogP contribution is 2.09. The molecular weight excluding hydrogens is 354 g/mol. The molecule has 0 aliphatic rings. The molecule has 1 amide bonds. The first-order valence-electron chi connectivity index (χ1n) is 8.65. The number of carbonyl (C=O) groups is 1. The van der Waals surface area contributed by atoms with Crippen molar-refractivity contribution in [2.24, 2.45) is 0 Å². The third-order valence-electron chi connectivity index (χ3n) is 3.90. The zero-order valence-electron chi connectivity index (χ0n) is 14.9. The summed E-state index contributed by atoms with van der Waals surface area (Å²) < 4.78 is 3.37. The number of benzene rings is 1. The minimum Gasteiger partial charge on any atom is -0.321 e. The lowest BCUT2D eigenvalue weighted by Gasteiger charge is -2.03. The highest BCUT2D eigenvalue weighted by Gasteiger charge is 2.03. The maximum absolute atomic E-state index is 12.1. The molecule has 4 rings (SSSR count).